The predicted octanol–water partition coefficient (Wildman–Crippen LogP) is 9.29. The highest BCUT2D eigenvalue weighted by molar-refractivity contribution is 7.97. The Hall–Kier alpha value is -3.47. The van der Waals surface area contributed by atoms with E-state index in [9.17, 15) is 87.6 Å². The molecule has 0 bridgehead atoms. The topological polar surface area (TPSA) is 66.4 Å². The van der Waals surface area contributed by atoms with Crippen molar-refractivity contribution < 1.29 is 92.3 Å². The molecule has 0 saturated heterocycles. The molecule has 3 aromatic carbocycles. The molecule has 0 spiro atoms. The van der Waals surface area contributed by atoms with Crippen LogP contribution in [0.3, 0.4) is 0 Å². The van der Waals surface area contributed by atoms with E-state index in [4.69, 9.17) is 4.74 Å². The Bertz CT molecular complexity index is 1660. The third-order valence-corrected chi connectivity index (χ3v) is 9.34. The Morgan fingerprint density at radius 3 is 1.18 bits per heavy atom. The van der Waals surface area contributed by atoms with E-state index in [1.54, 1.807) is 7.11 Å². The van der Waals surface area contributed by atoms with Crippen LogP contribution in [0.2, 0.25) is 0 Å². The van der Waals surface area contributed by atoms with Gasteiger partial charge in [-0.3, -0.25) is 0 Å². The van der Waals surface area contributed by atoms with Crippen molar-refractivity contribution in [2.45, 2.75) is 61.7 Å². The molecule has 0 aromatic heterocycles. The van der Waals surface area contributed by atoms with E-state index in [0.717, 1.165) is 5.75 Å². The van der Waals surface area contributed by atoms with Gasteiger partial charge in [0.2, 0.25) is 0 Å². The second kappa shape index (κ2) is 13.9. The van der Waals surface area contributed by atoms with Gasteiger partial charge in [0.1, 0.15) is 5.75 Å². The average molecular weight is 793 g/mol. The molecule has 0 N–H and O–H groups in total. The van der Waals surface area contributed by atoms with Gasteiger partial charge < -0.3 is 9.29 Å². The highest BCUT2D eigenvalue weighted by Crippen LogP contribution is 2.64. The monoisotopic (exact) mass is 792 g/mol. The minimum atomic E-state index is -8.92. The molecule has 23 heteroatoms. The van der Waals surface area contributed by atoms with Gasteiger partial charge in [0.15, 0.2) is 24.8 Å². The maximum Gasteiger partial charge on any atom is 0.460 e. The first-order chi connectivity index (χ1) is 22.4. The fourth-order valence-corrected chi connectivity index (χ4v) is 6.12. The maximum absolute atomic E-state index is 13.0. The van der Waals surface area contributed by atoms with Gasteiger partial charge in [-0.2, -0.15) is 74.6 Å². The lowest BCUT2D eigenvalue weighted by atomic mass is 9.91. The molecular weight excluding hydrogens is 775 g/mol. The normalized spacial score (nSPS) is 14.2. The van der Waals surface area contributed by atoms with Gasteiger partial charge in [0, 0.05) is 6.07 Å². The van der Waals surface area contributed by atoms with Gasteiger partial charge in [-0.1, -0.05) is 42.5 Å². The predicted molar refractivity (Wildman–Crippen MR) is 138 cm³/mol. The number of methoxy groups -OCH3 is 1. The molecule has 0 aliphatic heterocycles. The minimum absolute atomic E-state index is 0.107. The van der Waals surface area contributed by atoms with Crippen LogP contribution in [-0.4, -0.2) is 67.0 Å². The van der Waals surface area contributed by atoms with Gasteiger partial charge in [-0.15, -0.1) is 0 Å². The molecule has 280 valence electrons. The lowest BCUT2D eigenvalue weighted by molar-refractivity contribution is -0.458. The first-order valence-electron chi connectivity index (χ1n) is 12.5. The van der Waals surface area contributed by atoms with Crippen molar-refractivity contribution in [3.63, 3.8) is 0 Å². The number of ether oxygens (including phenoxy) is 1. The summed E-state index contributed by atoms with van der Waals surface area (Å²) in [4.78, 5) is 3.90. The van der Waals surface area contributed by atoms with Gasteiger partial charge in [0.05, 0.1) is 18.0 Å². The van der Waals surface area contributed by atoms with Gasteiger partial charge >= 0.3 is 47.0 Å². The van der Waals surface area contributed by atoms with Crippen LogP contribution >= 0.6 is 0 Å². The molecule has 0 aliphatic carbocycles. The molecule has 0 radical (unpaired) electrons. The van der Waals surface area contributed by atoms with Crippen LogP contribution in [0.15, 0.2) is 99.6 Å². The molecule has 50 heavy (non-hydrogen) atoms. The minimum Gasteiger partial charge on any atom is -0.743 e. The fourth-order valence-electron chi connectivity index (χ4n) is 3.56. The van der Waals surface area contributed by atoms with E-state index in [2.05, 4.69) is 78.9 Å². The first kappa shape index (κ1) is 42.7. The third kappa shape index (κ3) is 7.16. The molecule has 0 unspecified atom stereocenters. The molecule has 0 saturated carbocycles. The van der Waals surface area contributed by atoms with Crippen LogP contribution in [0.4, 0.5) is 74.6 Å². The van der Waals surface area contributed by atoms with Gasteiger partial charge in [0.25, 0.3) is 0 Å². The number of alkyl halides is 17. The van der Waals surface area contributed by atoms with Crippen molar-refractivity contribution >= 4 is 21.0 Å². The van der Waals surface area contributed by atoms with Crippen molar-refractivity contribution in [2.75, 3.05) is 7.11 Å². The molecule has 0 atom stereocenters. The Kier molecular flexibility index (Phi) is 11.9. The van der Waals surface area contributed by atoms with E-state index >= 15 is 0 Å². The molecule has 3 rings (SSSR count). The van der Waals surface area contributed by atoms with Crippen molar-refractivity contribution in [1.82, 2.24) is 0 Å². The highest BCUT2D eigenvalue weighted by Gasteiger charge is 2.95. The summed E-state index contributed by atoms with van der Waals surface area (Å²) in [6.45, 7) is 0. The number of halogens is 17. The van der Waals surface area contributed by atoms with Crippen LogP contribution in [-0.2, 0) is 21.0 Å². The summed E-state index contributed by atoms with van der Waals surface area (Å²) in [6, 6.07) is 29.6. The van der Waals surface area contributed by atoms with E-state index in [-0.39, 0.29) is 10.9 Å². The zero-order valence-corrected chi connectivity index (χ0v) is 25.6. The van der Waals surface area contributed by atoms with Crippen molar-refractivity contribution in [1.29, 1.82) is 0 Å². The quantitative estimate of drug-likeness (QED) is 0.110. The van der Waals surface area contributed by atoms with E-state index in [1.807, 2.05) is 6.07 Å². The second-order valence-electron chi connectivity index (χ2n) is 9.53. The van der Waals surface area contributed by atoms with Crippen molar-refractivity contribution in [2.24, 2.45) is 0 Å². The lowest BCUT2D eigenvalue weighted by Gasteiger charge is -2.42. The van der Waals surface area contributed by atoms with Crippen molar-refractivity contribution in [3.05, 3.63) is 84.9 Å². The molecule has 0 fully saturated rings. The van der Waals surface area contributed by atoms with E-state index < -0.39 is 57.1 Å². The Morgan fingerprint density at radius 1 is 0.500 bits per heavy atom. The van der Waals surface area contributed by atoms with Gasteiger partial charge in [-0.25, -0.2) is 8.42 Å². The van der Waals surface area contributed by atoms with Crippen LogP contribution in [0.5, 0.6) is 5.75 Å². The molecule has 4 nitrogen and oxygen atoms in total. The number of rotatable bonds is 11. The summed E-state index contributed by atoms with van der Waals surface area (Å²) in [5.41, 5.74) is 0. The van der Waals surface area contributed by atoms with Crippen LogP contribution in [0, 0.1) is 0 Å². The second-order valence-corrected chi connectivity index (χ2v) is 13.0. The Labute approximate surface area is 272 Å². The number of benzene rings is 3. The largest absolute Gasteiger partial charge is 0.743 e. The summed E-state index contributed by atoms with van der Waals surface area (Å²) in [5.74, 6) is -51.2. The fraction of sp³-hybridized carbons (Fsp3) is 0.333. The third-order valence-electron chi connectivity index (χ3n) is 6.24. The Morgan fingerprint density at radius 2 is 0.840 bits per heavy atom. The number of hydrogen-bond donors (Lipinski definition) is 0. The molecular formula is C27H17F17O4S2. The molecule has 0 aliphatic rings. The SMILES string of the molecule is COc1cccc([S+](c2ccccc2)c2ccccc2)c1.O=S(=O)([O-])C(F)(F)C(F)(F)C(F)(F)C(F)(F)C(F)(F)C(F)(F)C(F)(F)C(F)(F)F. The van der Waals surface area contributed by atoms with Gasteiger partial charge in [-0.05, 0) is 36.4 Å². The zero-order chi connectivity index (χ0) is 39.0. The highest BCUT2D eigenvalue weighted by atomic mass is 32.2. The maximum atomic E-state index is 13.0. The summed E-state index contributed by atoms with van der Waals surface area (Å²) in [6.07, 6.45) is -7.89. The summed E-state index contributed by atoms with van der Waals surface area (Å²) < 4.78 is 249. The number of hydrogen-bond acceptors (Lipinski definition) is 4. The molecule has 3 aromatic rings. The van der Waals surface area contributed by atoms with Crippen LogP contribution in [0.1, 0.15) is 0 Å². The van der Waals surface area contributed by atoms with E-state index in [0.29, 0.717) is 0 Å². The van der Waals surface area contributed by atoms with Crippen LogP contribution in [0.25, 0.3) is 0 Å². The Balaban J connectivity index is 0.000000361. The lowest BCUT2D eigenvalue weighted by Crippen LogP contribution is -2.75. The zero-order valence-electron chi connectivity index (χ0n) is 24.0. The smallest absolute Gasteiger partial charge is 0.460 e. The molecule has 0 amide bonds. The average Bonchev–Trinajstić information content (AvgIpc) is 3.01. The van der Waals surface area contributed by atoms with Crippen LogP contribution < -0.4 is 4.74 Å². The molecule has 0 heterocycles. The standard InChI is InChI=1S/C19H17OS.C8HF17O3S/c1-20-16-9-8-14-19(15-16)21(17-10-4-2-5-11-17)18-12-6-3-7-13-18;9-1(10,3(13,14)5(17,18)7(21,22)23)2(11,12)4(15,16)6(19,20)8(24,25)29(26,27)28/h2-15H,1H3;(H,26,27,28)/q+1;/p-1. The van der Waals surface area contributed by atoms with Crippen molar-refractivity contribution in [3.8, 4) is 5.75 Å². The first-order valence-corrected chi connectivity index (χ1v) is 15.2. The summed E-state index contributed by atoms with van der Waals surface area (Å²) in [5, 5.41) is -7.95. The summed E-state index contributed by atoms with van der Waals surface area (Å²) >= 11 is 0. The van der Waals surface area contributed by atoms with E-state index in [1.165, 1.54) is 14.7 Å². The summed E-state index contributed by atoms with van der Waals surface area (Å²) in [7, 11) is -6.54.